The van der Waals surface area contributed by atoms with Gasteiger partial charge in [0.15, 0.2) is 5.82 Å². The van der Waals surface area contributed by atoms with Gasteiger partial charge in [-0.05, 0) is 24.1 Å². The number of aromatic nitrogens is 2. The molecule has 0 aliphatic rings. The summed E-state index contributed by atoms with van der Waals surface area (Å²) in [5.74, 6) is 1.42. The van der Waals surface area contributed by atoms with E-state index in [4.69, 9.17) is 4.74 Å². The van der Waals surface area contributed by atoms with Gasteiger partial charge in [0.25, 0.3) is 0 Å². The lowest BCUT2D eigenvalue weighted by atomic mass is 10.1. The fourth-order valence-electron chi connectivity index (χ4n) is 1.91. The smallest absolute Gasteiger partial charge is 0.317 e. The third-order valence-electron chi connectivity index (χ3n) is 3.27. The van der Waals surface area contributed by atoms with Crippen molar-refractivity contribution in [3.05, 3.63) is 42.0 Å². The Balaban J connectivity index is 1.67. The maximum absolute atomic E-state index is 11.9. The van der Waals surface area contributed by atoms with Crippen LogP contribution >= 0.6 is 0 Å². The number of carbonyl (C=O) groups is 1. The van der Waals surface area contributed by atoms with Gasteiger partial charge in [-0.1, -0.05) is 17.3 Å². The molecule has 2 amide bonds. The second-order valence-electron chi connectivity index (χ2n) is 4.85. The molecule has 0 spiro atoms. The molecule has 7 nitrogen and oxygen atoms in total. The topological polar surface area (TPSA) is 80.5 Å². The fourth-order valence-corrected chi connectivity index (χ4v) is 1.91. The minimum Gasteiger partial charge on any atom is -0.497 e. The second-order valence-corrected chi connectivity index (χ2v) is 4.85. The van der Waals surface area contributed by atoms with Gasteiger partial charge in [-0.25, -0.2) is 4.79 Å². The maximum Gasteiger partial charge on any atom is 0.317 e. The number of nitrogens with one attached hydrogen (secondary N) is 1. The summed E-state index contributed by atoms with van der Waals surface area (Å²) >= 11 is 0. The number of nitrogens with zero attached hydrogens (tertiary/aromatic N) is 3. The van der Waals surface area contributed by atoms with Crippen molar-refractivity contribution in [1.29, 1.82) is 0 Å². The number of methoxy groups -OCH3 is 1. The summed E-state index contributed by atoms with van der Waals surface area (Å²) in [5.41, 5.74) is 1.15. The number of carbonyl (C=O) groups excluding carboxylic acids is 1. The zero-order valence-corrected chi connectivity index (χ0v) is 12.8. The minimum atomic E-state index is -0.114. The highest BCUT2D eigenvalue weighted by Crippen LogP contribution is 2.11. The highest BCUT2D eigenvalue weighted by molar-refractivity contribution is 5.73. The number of urea groups is 1. The summed E-state index contributed by atoms with van der Waals surface area (Å²) in [6, 6.07) is 7.69. The number of benzene rings is 1. The summed E-state index contributed by atoms with van der Waals surface area (Å²) in [5, 5.41) is 6.59. The van der Waals surface area contributed by atoms with E-state index < -0.39 is 0 Å². The summed E-state index contributed by atoms with van der Waals surface area (Å²) in [6.45, 7) is 1.12. The van der Waals surface area contributed by atoms with Gasteiger partial charge in [-0.15, -0.1) is 0 Å². The predicted octanol–water partition coefficient (Wildman–Crippen LogP) is 1.50. The van der Waals surface area contributed by atoms with Crippen molar-refractivity contribution in [3.63, 3.8) is 0 Å². The molecular formula is C15H20N4O3. The maximum atomic E-state index is 11.9. The van der Waals surface area contributed by atoms with Crippen LogP contribution in [0.4, 0.5) is 4.79 Å². The zero-order chi connectivity index (χ0) is 15.8. The first kappa shape index (κ1) is 15.8. The van der Waals surface area contributed by atoms with E-state index in [0.29, 0.717) is 25.3 Å². The standard InChI is InChI=1S/C15H20N4O3/c1-19(10-8-14-17-11-22-18-14)15(20)16-9-7-12-3-5-13(21-2)6-4-12/h3-6,11H,7-10H2,1-2H3,(H,16,20). The third kappa shape index (κ3) is 4.76. The quantitative estimate of drug-likeness (QED) is 0.838. The molecule has 1 N–H and O–H groups in total. The Morgan fingerprint density at radius 3 is 2.73 bits per heavy atom. The molecule has 0 saturated heterocycles. The Morgan fingerprint density at radius 1 is 1.32 bits per heavy atom. The first-order valence-electron chi connectivity index (χ1n) is 7.06. The van der Waals surface area contributed by atoms with Crippen LogP contribution in [0.1, 0.15) is 11.4 Å². The van der Waals surface area contributed by atoms with E-state index in [1.165, 1.54) is 6.39 Å². The molecular weight excluding hydrogens is 284 g/mol. The van der Waals surface area contributed by atoms with E-state index in [1.54, 1.807) is 19.1 Å². The predicted molar refractivity (Wildman–Crippen MR) is 80.7 cm³/mol. The van der Waals surface area contributed by atoms with Crippen molar-refractivity contribution in [3.8, 4) is 5.75 Å². The van der Waals surface area contributed by atoms with E-state index in [0.717, 1.165) is 17.7 Å². The van der Waals surface area contributed by atoms with Crippen molar-refractivity contribution < 1.29 is 14.1 Å². The van der Waals surface area contributed by atoms with Crippen LogP contribution in [-0.4, -0.2) is 48.3 Å². The number of rotatable bonds is 7. The van der Waals surface area contributed by atoms with Gasteiger partial charge in [0.2, 0.25) is 6.39 Å². The number of hydrogen-bond donors (Lipinski definition) is 1. The van der Waals surface area contributed by atoms with Gasteiger partial charge in [0.1, 0.15) is 5.75 Å². The molecule has 0 aliphatic carbocycles. The Labute approximate surface area is 129 Å². The molecule has 2 aromatic rings. The van der Waals surface area contributed by atoms with Gasteiger partial charge in [-0.3, -0.25) is 0 Å². The number of hydrogen-bond acceptors (Lipinski definition) is 5. The van der Waals surface area contributed by atoms with E-state index in [1.807, 2.05) is 24.3 Å². The number of likely N-dealkylation sites (N-methyl/N-ethyl adjacent to an activating group) is 1. The Bertz CT molecular complexity index is 569. The van der Waals surface area contributed by atoms with E-state index in [2.05, 4.69) is 20.0 Å². The van der Waals surface area contributed by atoms with Crippen molar-refractivity contribution in [2.75, 3.05) is 27.2 Å². The lowest BCUT2D eigenvalue weighted by Crippen LogP contribution is -2.39. The number of ether oxygens (including phenoxy) is 1. The van der Waals surface area contributed by atoms with Crippen LogP contribution in [0.25, 0.3) is 0 Å². The van der Waals surface area contributed by atoms with Crippen LogP contribution < -0.4 is 10.1 Å². The molecule has 118 valence electrons. The lowest BCUT2D eigenvalue weighted by Gasteiger charge is -2.17. The zero-order valence-electron chi connectivity index (χ0n) is 12.8. The van der Waals surface area contributed by atoms with Crippen LogP contribution in [-0.2, 0) is 12.8 Å². The van der Waals surface area contributed by atoms with Crippen molar-refractivity contribution in [1.82, 2.24) is 20.4 Å². The molecule has 0 radical (unpaired) electrons. The van der Waals surface area contributed by atoms with Crippen molar-refractivity contribution in [2.45, 2.75) is 12.8 Å². The molecule has 1 heterocycles. The molecule has 0 unspecified atom stereocenters. The molecule has 2 rings (SSSR count). The van der Waals surface area contributed by atoms with E-state index >= 15 is 0 Å². The van der Waals surface area contributed by atoms with Gasteiger partial charge in [0, 0.05) is 26.6 Å². The van der Waals surface area contributed by atoms with Crippen molar-refractivity contribution >= 4 is 6.03 Å². The molecule has 0 bridgehead atoms. The average Bonchev–Trinajstić information content (AvgIpc) is 3.06. The Morgan fingerprint density at radius 2 is 2.09 bits per heavy atom. The van der Waals surface area contributed by atoms with E-state index in [9.17, 15) is 4.79 Å². The van der Waals surface area contributed by atoms with Gasteiger partial charge < -0.3 is 19.5 Å². The largest absolute Gasteiger partial charge is 0.497 e. The highest BCUT2D eigenvalue weighted by Gasteiger charge is 2.09. The van der Waals surface area contributed by atoms with Gasteiger partial charge in [-0.2, -0.15) is 4.98 Å². The first-order chi connectivity index (χ1) is 10.7. The summed E-state index contributed by atoms with van der Waals surface area (Å²) in [6.07, 6.45) is 2.62. The molecule has 0 atom stereocenters. The van der Waals surface area contributed by atoms with Crippen molar-refractivity contribution in [2.24, 2.45) is 0 Å². The van der Waals surface area contributed by atoms with Crippen LogP contribution in [0.3, 0.4) is 0 Å². The summed E-state index contributed by atoms with van der Waals surface area (Å²) < 4.78 is 9.76. The lowest BCUT2D eigenvalue weighted by molar-refractivity contribution is 0.209. The fraction of sp³-hybridized carbons (Fsp3) is 0.400. The first-order valence-corrected chi connectivity index (χ1v) is 7.06. The molecule has 0 saturated carbocycles. The van der Waals surface area contributed by atoms with Gasteiger partial charge in [0.05, 0.1) is 7.11 Å². The monoisotopic (exact) mass is 304 g/mol. The average molecular weight is 304 g/mol. The minimum absolute atomic E-state index is 0.114. The summed E-state index contributed by atoms with van der Waals surface area (Å²) in [4.78, 5) is 17.4. The van der Waals surface area contributed by atoms with Crippen LogP contribution in [0.2, 0.25) is 0 Å². The number of amides is 2. The second kappa shape index (κ2) is 8.02. The normalized spacial score (nSPS) is 10.3. The highest BCUT2D eigenvalue weighted by atomic mass is 16.5. The van der Waals surface area contributed by atoms with Gasteiger partial charge >= 0.3 is 6.03 Å². The molecule has 0 fully saturated rings. The molecule has 1 aromatic heterocycles. The Kier molecular flexibility index (Phi) is 5.76. The van der Waals surface area contributed by atoms with Crippen LogP contribution in [0.15, 0.2) is 35.2 Å². The van der Waals surface area contributed by atoms with Crippen LogP contribution in [0, 0.1) is 0 Å². The summed E-state index contributed by atoms with van der Waals surface area (Å²) in [7, 11) is 3.38. The molecule has 22 heavy (non-hydrogen) atoms. The Hall–Kier alpha value is -2.57. The third-order valence-corrected chi connectivity index (χ3v) is 3.27. The molecule has 0 aliphatic heterocycles. The molecule has 1 aromatic carbocycles. The molecule has 7 heteroatoms. The van der Waals surface area contributed by atoms with E-state index in [-0.39, 0.29) is 6.03 Å². The van der Waals surface area contributed by atoms with Crippen LogP contribution in [0.5, 0.6) is 5.75 Å². The SMILES string of the molecule is COc1ccc(CCNC(=O)N(C)CCc2ncon2)cc1.